The van der Waals surface area contributed by atoms with Crippen LogP contribution in [-0.4, -0.2) is 39.0 Å². The van der Waals surface area contributed by atoms with Crippen LogP contribution in [0.25, 0.3) is 0 Å². The quantitative estimate of drug-likeness (QED) is 0.585. The van der Waals surface area contributed by atoms with E-state index in [1.165, 1.54) is 0 Å². The molecule has 1 heterocycles. The van der Waals surface area contributed by atoms with E-state index in [1.807, 2.05) is 6.92 Å². The Hall–Kier alpha value is -0.380. The van der Waals surface area contributed by atoms with Crippen molar-refractivity contribution in [3.05, 3.63) is 12.2 Å². The van der Waals surface area contributed by atoms with E-state index in [0.717, 1.165) is 13.1 Å². The maximum absolute atomic E-state index is 5.51. The van der Waals surface area contributed by atoms with Crippen molar-refractivity contribution in [3.8, 4) is 0 Å². The normalized spacial score (nSPS) is 32.2. The average molecular weight is 171 g/mol. The summed E-state index contributed by atoms with van der Waals surface area (Å²) in [6.07, 6.45) is 4.52. The van der Waals surface area contributed by atoms with Crippen LogP contribution in [0.4, 0.5) is 0 Å². The molecule has 0 bridgehead atoms. The molecule has 3 heteroatoms. The first kappa shape index (κ1) is 9.71. The van der Waals surface area contributed by atoms with Gasteiger partial charge in [-0.15, -0.1) is 0 Å². The summed E-state index contributed by atoms with van der Waals surface area (Å²) in [5.41, 5.74) is 0. The first-order valence-electron chi connectivity index (χ1n) is 4.34. The molecule has 2 unspecified atom stereocenters. The maximum atomic E-state index is 5.51. The maximum Gasteiger partial charge on any atom is 0.0929 e. The van der Waals surface area contributed by atoms with Crippen LogP contribution < -0.4 is 5.32 Å². The van der Waals surface area contributed by atoms with Crippen molar-refractivity contribution < 1.29 is 9.47 Å². The van der Waals surface area contributed by atoms with Crippen LogP contribution in [0.15, 0.2) is 12.2 Å². The predicted octanol–water partition coefficient (Wildman–Crippen LogP) is 0.566. The van der Waals surface area contributed by atoms with Crippen molar-refractivity contribution in [3.63, 3.8) is 0 Å². The Morgan fingerprint density at radius 1 is 1.58 bits per heavy atom. The van der Waals surface area contributed by atoms with Gasteiger partial charge in [-0.05, 0) is 6.92 Å². The van der Waals surface area contributed by atoms with Gasteiger partial charge in [0.2, 0.25) is 0 Å². The topological polar surface area (TPSA) is 30.5 Å². The van der Waals surface area contributed by atoms with Crippen molar-refractivity contribution in [1.82, 2.24) is 5.32 Å². The van der Waals surface area contributed by atoms with Gasteiger partial charge in [-0.25, -0.2) is 0 Å². The van der Waals surface area contributed by atoms with Gasteiger partial charge in [-0.2, -0.15) is 0 Å². The summed E-state index contributed by atoms with van der Waals surface area (Å²) in [4.78, 5) is 0. The van der Waals surface area contributed by atoms with Gasteiger partial charge in [-0.3, -0.25) is 0 Å². The van der Waals surface area contributed by atoms with Gasteiger partial charge in [0, 0.05) is 20.2 Å². The number of ether oxygens (including phenoxy) is 2. The Morgan fingerprint density at radius 2 is 2.42 bits per heavy atom. The molecule has 1 aliphatic rings. The molecule has 0 saturated heterocycles. The van der Waals surface area contributed by atoms with Crippen LogP contribution in [0.1, 0.15) is 6.92 Å². The molecule has 0 aliphatic carbocycles. The molecule has 0 radical (unpaired) electrons. The molecule has 70 valence electrons. The van der Waals surface area contributed by atoms with Crippen LogP contribution in [0.2, 0.25) is 0 Å². The zero-order chi connectivity index (χ0) is 8.81. The Balaban J connectivity index is 2.37. The van der Waals surface area contributed by atoms with Crippen LogP contribution in [0.5, 0.6) is 0 Å². The summed E-state index contributed by atoms with van der Waals surface area (Å²) in [6.45, 7) is 4.45. The molecule has 0 amide bonds. The molecule has 0 spiro atoms. The molecule has 1 aliphatic heterocycles. The Bertz CT molecular complexity index is 147. The predicted molar refractivity (Wildman–Crippen MR) is 48.2 cm³/mol. The van der Waals surface area contributed by atoms with E-state index in [-0.39, 0.29) is 12.2 Å². The van der Waals surface area contributed by atoms with E-state index >= 15 is 0 Å². The number of methoxy groups -OCH3 is 1. The highest BCUT2D eigenvalue weighted by Crippen LogP contribution is 1.99. The lowest BCUT2D eigenvalue weighted by Gasteiger charge is -2.16. The molecule has 0 aromatic rings. The van der Waals surface area contributed by atoms with Gasteiger partial charge in [-0.1, -0.05) is 12.2 Å². The monoisotopic (exact) mass is 171 g/mol. The van der Waals surface area contributed by atoms with E-state index in [0.29, 0.717) is 6.61 Å². The fourth-order valence-corrected chi connectivity index (χ4v) is 1.11. The Morgan fingerprint density at radius 3 is 3.17 bits per heavy atom. The average Bonchev–Trinajstić information content (AvgIpc) is 2.17. The summed E-state index contributed by atoms with van der Waals surface area (Å²) in [5.74, 6) is 0. The van der Waals surface area contributed by atoms with Crippen molar-refractivity contribution >= 4 is 0 Å². The van der Waals surface area contributed by atoms with Gasteiger partial charge in [0.25, 0.3) is 0 Å². The first-order valence-corrected chi connectivity index (χ1v) is 4.34. The van der Waals surface area contributed by atoms with Gasteiger partial charge >= 0.3 is 0 Å². The second kappa shape index (κ2) is 5.30. The molecule has 0 fully saturated rings. The van der Waals surface area contributed by atoms with E-state index in [1.54, 1.807) is 7.11 Å². The highest BCUT2D eigenvalue weighted by atomic mass is 16.5. The van der Waals surface area contributed by atoms with Crippen LogP contribution in [-0.2, 0) is 9.47 Å². The highest BCUT2D eigenvalue weighted by molar-refractivity contribution is 4.90. The van der Waals surface area contributed by atoms with Crippen LogP contribution in [0.3, 0.4) is 0 Å². The van der Waals surface area contributed by atoms with Gasteiger partial charge < -0.3 is 14.8 Å². The van der Waals surface area contributed by atoms with Crippen LogP contribution >= 0.6 is 0 Å². The summed E-state index contributed by atoms with van der Waals surface area (Å²) in [5, 5.41) is 3.26. The number of hydrogen-bond acceptors (Lipinski definition) is 3. The Labute approximate surface area is 73.7 Å². The largest absolute Gasteiger partial charge is 0.378 e. The second-order valence-electron chi connectivity index (χ2n) is 2.98. The number of nitrogens with one attached hydrogen (secondary N) is 1. The van der Waals surface area contributed by atoms with Crippen molar-refractivity contribution in [2.45, 2.75) is 19.1 Å². The lowest BCUT2D eigenvalue weighted by Crippen LogP contribution is -2.32. The minimum atomic E-state index is 0.173. The summed E-state index contributed by atoms with van der Waals surface area (Å²) >= 11 is 0. The van der Waals surface area contributed by atoms with Crippen molar-refractivity contribution in [2.24, 2.45) is 0 Å². The minimum Gasteiger partial charge on any atom is -0.378 e. The van der Waals surface area contributed by atoms with Crippen molar-refractivity contribution in [2.75, 3.05) is 26.8 Å². The molecule has 12 heavy (non-hydrogen) atoms. The summed E-state index contributed by atoms with van der Waals surface area (Å²) in [6, 6.07) is 0. The molecule has 0 aromatic heterocycles. The molecule has 3 nitrogen and oxygen atoms in total. The number of hydrogen-bond donors (Lipinski definition) is 1. The first-order chi connectivity index (χ1) is 5.83. The molecular formula is C9H17NO2. The van der Waals surface area contributed by atoms with Gasteiger partial charge in [0.15, 0.2) is 0 Å². The SMILES string of the molecule is COC1CNCC=CC(C)OC1. The number of rotatable bonds is 1. The third-order valence-corrected chi connectivity index (χ3v) is 1.92. The van der Waals surface area contributed by atoms with E-state index in [9.17, 15) is 0 Å². The molecule has 2 atom stereocenters. The third-order valence-electron chi connectivity index (χ3n) is 1.92. The molecule has 0 saturated carbocycles. The van der Waals surface area contributed by atoms with Gasteiger partial charge in [0.1, 0.15) is 0 Å². The third kappa shape index (κ3) is 3.34. The van der Waals surface area contributed by atoms with E-state index < -0.39 is 0 Å². The molecule has 0 aromatic carbocycles. The molecular weight excluding hydrogens is 154 g/mol. The lowest BCUT2D eigenvalue weighted by molar-refractivity contribution is -0.00456. The highest BCUT2D eigenvalue weighted by Gasteiger charge is 2.09. The lowest BCUT2D eigenvalue weighted by atomic mass is 10.3. The molecule has 1 rings (SSSR count). The van der Waals surface area contributed by atoms with Gasteiger partial charge in [0.05, 0.1) is 18.8 Å². The summed E-state index contributed by atoms with van der Waals surface area (Å²) < 4.78 is 10.7. The van der Waals surface area contributed by atoms with Crippen molar-refractivity contribution in [1.29, 1.82) is 0 Å². The fraction of sp³-hybridized carbons (Fsp3) is 0.778. The minimum absolute atomic E-state index is 0.173. The van der Waals surface area contributed by atoms with E-state index in [2.05, 4.69) is 17.5 Å². The second-order valence-corrected chi connectivity index (χ2v) is 2.98. The van der Waals surface area contributed by atoms with E-state index in [4.69, 9.17) is 9.47 Å². The zero-order valence-electron chi connectivity index (χ0n) is 7.75. The smallest absolute Gasteiger partial charge is 0.0929 e. The standard InChI is InChI=1S/C9H17NO2/c1-8-4-3-5-10-6-9(11-2)7-12-8/h3-4,8-10H,5-7H2,1-2H3. The van der Waals surface area contributed by atoms with Crippen LogP contribution in [0, 0.1) is 0 Å². The Kier molecular flexibility index (Phi) is 4.29. The fourth-order valence-electron chi connectivity index (χ4n) is 1.11. The molecule has 1 N–H and O–H groups in total. The summed E-state index contributed by atoms with van der Waals surface area (Å²) in [7, 11) is 1.71. The zero-order valence-corrected chi connectivity index (χ0v) is 7.75.